The molecule has 1 aliphatic rings. The van der Waals surface area contributed by atoms with Gasteiger partial charge in [0.2, 0.25) is 0 Å². The second-order valence-electron chi connectivity index (χ2n) is 4.34. The number of nitrogens with zero attached hydrogens (tertiary/aromatic N) is 4. The van der Waals surface area contributed by atoms with E-state index >= 15 is 0 Å². The van der Waals surface area contributed by atoms with Crippen LogP contribution in [0, 0.1) is 5.92 Å². The van der Waals surface area contributed by atoms with Crippen molar-refractivity contribution < 1.29 is 14.3 Å². The van der Waals surface area contributed by atoms with Crippen LogP contribution in [0.3, 0.4) is 0 Å². The summed E-state index contributed by atoms with van der Waals surface area (Å²) in [7, 11) is 0. The van der Waals surface area contributed by atoms with Crippen LogP contribution in [0.4, 0.5) is 5.95 Å². The molecule has 7 nitrogen and oxygen atoms in total. The summed E-state index contributed by atoms with van der Waals surface area (Å²) in [5.41, 5.74) is 0.659. The number of rotatable bonds is 5. The van der Waals surface area contributed by atoms with E-state index in [4.69, 9.17) is 4.74 Å². The molecule has 1 aliphatic heterocycles. The molecule has 0 saturated heterocycles. The van der Waals surface area contributed by atoms with Gasteiger partial charge in [-0.15, -0.1) is 0 Å². The van der Waals surface area contributed by atoms with Crippen LogP contribution in [-0.4, -0.2) is 34.2 Å². The van der Waals surface area contributed by atoms with E-state index in [2.05, 4.69) is 15.1 Å². The molecule has 1 atom stereocenters. The first-order valence-electron chi connectivity index (χ1n) is 6.45. The third-order valence-corrected chi connectivity index (χ3v) is 2.95. The molecule has 0 spiro atoms. The topological polar surface area (TPSA) is 84.8 Å². The number of amides is 1. The second-order valence-corrected chi connectivity index (χ2v) is 4.34. The highest BCUT2D eigenvalue weighted by atomic mass is 16.5. The van der Waals surface area contributed by atoms with E-state index in [-0.39, 0.29) is 24.2 Å². The molecule has 0 aromatic carbocycles. The van der Waals surface area contributed by atoms with E-state index in [1.807, 2.05) is 0 Å². The third kappa shape index (κ3) is 2.98. The highest BCUT2D eigenvalue weighted by Crippen LogP contribution is 2.23. The number of hydrogen-bond donors (Lipinski definition) is 0. The van der Waals surface area contributed by atoms with Crippen molar-refractivity contribution in [2.24, 2.45) is 11.0 Å². The van der Waals surface area contributed by atoms with Crippen LogP contribution in [0.15, 0.2) is 23.6 Å². The first-order valence-corrected chi connectivity index (χ1v) is 6.45. The molecule has 20 heavy (non-hydrogen) atoms. The van der Waals surface area contributed by atoms with E-state index in [1.165, 1.54) is 5.01 Å². The number of anilines is 1. The number of aromatic nitrogens is 2. The molecule has 0 aliphatic carbocycles. The molecule has 0 saturated carbocycles. The minimum absolute atomic E-state index is 0.195. The van der Waals surface area contributed by atoms with Crippen molar-refractivity contribution in [1.29, 1.82) is 0 Å². The molecular formula is C13H16N4O3. The van der Waals surface area contributed by atoms with Gasteiger partial charge in [0.15, 0.2) is 0 Å². The Hall–Kier alpha value is -2.31. The van der Waals surface area contributed by atoms with Crippen LogP contribution in [0.1, 0.15) is 26.7 Å². The van der Waals surface area contributed by atoms with E-state index < -0.39 is 5.92 Å². The molecule has 0 N–H and O–H groups in total. The van der Waals surface area contributed by atoms with E-state index in [0.717, 1.165) is 0 Å². The summed E-state index contributed by atoms with van der Waals surface area (Å²) in [5, 5.41) is 5.35. The van der Waals surface area contributed by atoms with E-state index in [0.29, 0.717) is 18.7 Å². The highest BCUT2D eigenvalue weighted by Gasteiger charge is 2.35. The fourth-order valence-electron chi connectivity index (χ4n) is 1.97. The zero-order valence-corrected chi connectivity index (χ0v) is 11.4. The Kier molecular flexibility index (Phi) is 4.39. The minimum atomic E-state index is -0.414. The summed E-state index contributed by atoms with van der Waals surface area (Å²) in [4.78, 5) is 31.6. The van der Waals surface area contributed by atoms with Gasteiger partial charge in [0.05, 0.1) is 12.5 Å². The van der Waals surface area contributed by atoms with Gasteiger partial charge in [-0.1, -0.05) is 0 Å². The molecule has 0 bridgehead atoms. The Morgan fingerprint density at radius 3 is 2.75 bits per heavy atom. The summed E-state index contributed by atoms with van der Waals surface area (Å²) >= 11 is 0. The first kappa shape index (κ1) is 14.1. The zero-order valence-electron chi connectivity index (χ0n) is 11.4. The maximum Gasteiger partial charge on any atom is 0.305 e. The van der Waals surface area contributed by atoms with Crippen molar-refractivity contribution in [2.45, 2.75) is 26.7 Å². The number of hydrazone groups is 1. The second kappa shape index (κ2) is 6.23. The summed E-state index contributed by atoms with van der Waals surface area (Å²) in [6.07, 6.45) is 3.68. The molecule has 106 valence electrons. The lowest BCUT2D eigenvalue weighted by Gasteiger charge is -2.11. The molecular weight excluding hydrogens is 260 g/mol. The highest BCUT2D eigenvalue weighted by molar-refractivity contribution is 6.14. The van der Waals surface area contributed by atoms with Crippen molar-refractivity contribution in [3.05, 3.63) is 18.5 Å². The van der Waals surface area contributed by atoms with Gasteiger partial charge in [0.1, 0.15) is 0 Å². The van der Waals surface area contributed by atoms with Gasteiger partial charge in [0.25, 0.3) is 11.9 Å². The lowest BCUT2D eigenvalue weighted by atomic mass is 9.98. The quantitative estimate of drug-likeness (QED) is 0.753. The summed E-state index contributed by atoms with van der Waals surface area (Å²) in [6.45, 7) is 3.85. The molecule has 1 amide bonds. The van der Waals surface area contributed by atoms with Crippen LogP contribution >= 0.6 is 0 Å². The van der Waals surface area contributed by atoms with Crippen LogP contribution in [0.2, 0.25) is 0 Å². The Morgan fingerprint density at radius 1 is 1.40 bits per heavy atom. The number of esters is 1. The van der Waals surface area contributed by atoms with Gasteiger partial charge in [-0.3, -0.25) is 9.59 Å². The maximum absolute atomic E-state index is 12.3. The summed E-state index contributed by atoms with van der Waals surface area (Å²) in [6, 6.07) is 1.67. The van der Waals surface area contributed by atoms with Gasteiger partial charge in [-0.05, 0) is 26.3 Å². The average Bonchev–Trinajstić information content (AvgIpc) is 2.73. The molecule has 1 aromatic heterocycles. The average molecular weight is 276 g/mol. The van der Waals surface area contributed by atoms with E-state index in [1.54, 1.807) is 32.3 Å². The molecule has 0 fully saturated rings. The van der Waals surface area contributed by atoms with Crippen LogP contribution in [0.5, 0.6) is 0 Å². The standard InChI is InChI=1S/C13H16N4O3/c1-3-20-11(18)6-5-10-9(2)16-17(12(10)19)13-14-7-4-8-15-13/h4,7-8,10H,3,5-6H2,1-2H3. The fraction of sp³-hybridized carbons (Fsp3) is 0.462. The number of ether oxygens (including phenoxy) is 1. The Balaban J connectivity index is 2.02. The lowest BCUT2D eigenvalue weighted by molar-refractivity contribution is -0.143. The molecule has 7 heteroatoms. The van der Waals surface area contributed by atoms with Gasteiger partial charge in [0, 0.05) is 24.5 Å². The van der Waals surface area contributed by atoms with Gasteiger partial charge >= 0.3 is 5.97 Å². The van der Waals surface area contributed by atoms with Crippen molar-refractivity contribution >= 4 is 23.5 Å². The molecule has 0 radical (unpaired) electrons. The third-order valence-electron chi connectivity index (χ3n) is 2.95. The van der Waals surface area contributed by atoms with Crippen LogP contribution in [-0.2, 0) is 14.3 Å². The molecule has 1 aromatic rings. The normalized spacial score (nSPS) is 18.1. The van der Waals surface area contributed by atoms with Crippen molar-refractivity contribution in [1.82, 2.24) is 9.97 Å². The van der Waals surface area contributed by atoms with Gasteiger partial charge in [-0.2, -0.15) is 10.1 Å². The smallest absolute Gasteiger partial charge is 0.305 e. The minimum Gasteiger partial charge on any atom is -0.466 e. The Labute approximate surface area is 116 Å². The number of carbonyl (C=O) groups excluding carboxylic acids is 2. The maximum atomic E-state index is 12.3. The molecule has 2 heterocycles. The largest absolute Gasteiger partial charge is 0.466 e. The zero-order chi connectivity index (χ0) is 14.5. The predicted molar refractivity (Wildman–Crippen MR) is 72.0 cm³/mol. The van der Waals surface area contributed by atoms with Crippen LogP contribution < -0.4 is 5.01 Å². The van der Waals surface area contributed by atoms with Crippen molar-refractivity contribution in [3.8, 4) is 0 Å². The number of hydrogen-bond acceptors (Lipinski definition) is 6. The van der Waals surface area contributed by atoms with Crippen molar-refractivity contribution in [2.75, 3.05) is 11.6 Å². The SMILES string of the molecule is CCOC(=O)CCC1C(=O)N(c2ncccn2)N=C1C. The number of carbonyl (C=O) groups is 2. The molecule has 1 unspecified atom stereocenters. The lowest BCUT2D eigenvalue weighted by Crippen LogP contribution is -2.28. The molecule has 2 rings (SSSR count). The van der Waals surface area contributed by atoms with Crippen molar-refractivity contribution in [3.63, 3.8) is 0 Å². The fourth-order valence-corrected chi connectivity index (χ4v) is 1.97. The first-order chi connectivity index (χ1) is 9.63. The van der Waals surface area contributed by atoms with E-state index in [9.17, 15) is 9.59 Å². The predicted octanol–water partition coefficient (Wildman–Crippen LogP) is 1.16. The monoisotopic (exact) mass is 276 g/mol. The van der Waals surface area contributed by atoms with Crippen LogP contribution in [0.25, 0.3) is 0 Å². The Morgan fingerprint density at radius 2 is 2.10 bits per heavy atom. The summed E-state index contributed by atoms with van der Waals surface area (Å²) < 4.78 is 4.86. The van der Waals surface area contributed by atoms with Gasteiger partial charge < -0.3 is 4.74 Å². The Bertz CT molecular complexity index is 530. The summed E-state index contributed by atoms with van der Waals surface area (Å²) in [5.74, 6) is -0.681. The van der Waals surface area contributed by atoms with Gasteiger partial charge in [-0.25, -0.2) is 9.97 Å².